The topological polar surface area (TPSA) is 45.9 Å². The van der Waals surface area contributed by atoms with E-state index in [1.165, 1.54) is 32.4 Å². The average molecular weight is 328 g/mol. The number of benzene rings is 1. The summed E-state index contributed by atoms with van der Waals surface area (Å²) in [6.07, 6.45) is 4.83. The molecular weight excluding hydrogens is 304 g/mol. The van der Waals surface area contributed by atoms with Crippen molar-refractivity contribution < 1.29 is 13.9 Å². The van der Waals surface area contributed by atoms with Crippen LogP contribution in [0.2, 0.25) is 0 Å². The van der Waals surface area contributed by atoms with Gasteiger partial charge in [-0.25, -0.2) is 0 Å². The highest BCUT2D eigenvalue weighted by Crippen LogP contribution is 2.30. The minimum atomic E-state index is -0.00264. The predicted molar refractivity (Wildman–Crippen MR) is 92.5 cm³/mol. The lowest BCUT2D eigenvalue weighted by atomic mass is 10.0. The van der Waals surface area contributed by atoms with Gasteiger partial charge >= 0.3 is 0 Å². The van der Waals surface area contributed by atoms with E-state index in [-0.39, 0.29) is 5.91 Å². The van der Waals surface area contributed by atoms with Gasteiger partial charge in [-0.05, 0) is 50.9 Å². The molecule has 0 radical (unpaired) electrons. The number of methoxy groups -OCH3 is 1. The molecule has 0 bridgehead atoms. The van der Waals surface area contributed by atoms with Crippen LogP contribution in [-0.2, 0) is 0 Å². The third-order valence-electron chi connectivity index (χ3n) is 5.28. The lowest BCUT2D eigenvalue weighted by molar-refractivity contribution is 0.0580. The van der Waals surface area contributed by atoms with Crippen molar-refractivity contribution in [3.63, 3.8) is 0 Å². The second-order valence-corrected chi connectivity index (χ2v) is 6.78. The van der Waals surface area contributed by atoms with Crippen LogP contribution < -0.4 is 4.74 Å². The van der Waals surface area contributed by atoms with E-state index in [2.05, 4.69) is 4.90 Å². The summed E-state index contributed by atoms with van der Waals surface area (Å²) in [6, 6.07) is 8.05. The molecule has 1 atom stereocenters. The van der Waals surface area contributed by atoms with Crippen LogP contribution in [0.15, 0.2) is 28.7 Å². The Morgan fingerprint density at radius 3 is 2.83 bits per heavy atom. The number of fused-ring (bicyclic) bond motifs is 1. The van der Waals surface area contributed by atoms with Crippen molar-refractivity contribution in [2.45, 2.75) is 31.7 Å². The molecule has 5 heteroatoms. The van der Waals surface area contributed by atoms with E-state index in [0.29, 0.717) is 23.1 Å². The zero-order valence-corrected chi connectivity index (χ0v) is 14.2. The number of amides is 1. The Bertz CT molecular complexity index is 733. The number of hydrogen-bond donors (Lipinski definition) is 0. The van der Waals surface area contributed by atoms with E-state index in [9.17, 15) is 4.79 Å². The zero-order valence-electron chi connectivity index (χ0n) is 14.2. The fourth-order valence-electron chi connectivity index (χ4n) is 4.00. The van der Waals surface area contributed by atoms with Crippen LogP contribution in [0, 0.1) is 0 Å². The normalized spacial score (nSPS) is 22.2. The lowest BCUT2D eigenvalue weighted by Crippen LogP contribution is -2.48. The molecule has 4 rings (SSSR count). The number of ether oxygens (including phenoxy) is 1. The molecule has 2 aromatic rings. The van der Waals surface area contributed by atoms with Crippen LogP contribution in [0.4, 0.5) is 0 Å². The first kappa shape index (κ1) is 15.5. The molecule has 0 unspecified atom stereocenters. The van der Waals surface area contributed by atoms with E-state index in [1.54, 1.807) is 7.11 Å². The molecule has 1 aromatic carbocycles. The number of rotatable bonds is 3. The second kappa shape index (κ2) is 6.48. The Labute approximate surface area is 142 Å². The molecule has 128 valence electrons. The van der Waals surface area contributed by atoms with E-state index in [1.807, 2.05) is 29.2 Å². The van der Waals surface area contributed by atoms with Gasteiger partial charge in [0.2, 0.25) is 0 Å². The highest BCUT2D eigenvalue weighted by atomic mass is 16.5. The summed E-state index contributed by atoms with van der Waals surface area (Å²) in [6.45, 7) is 3.98. The fourth-order valence-corrected chi connectivity index (χ4v) is 4.00. The second-order valence-electron chi connectivity index (χ2n) is 6.78. The number of piperidine rings is 1. The monoisotopic (exact) mass is 328 g/mol. The van der Waals surface area contributed by atoms with Crippen LogP contribution in [0.1, 0.15) is 36.2 Å². The summed E-state index contributed by atoms with van der Waals surface area (Å²) in [7, 11) is 1.62. The molecule has 0 spiro atoms. The van der Waals surface area contributed by atoms with E-state index >= 15 is 0 Å². The maximum Gasteiger partial charge on any atom is 0.289 e. The number of carbonyl (C=O) groups is 1. The van der Waals surface area contributed by atoms with Crippen LogP contribution in [0.3, 0.4) is 0 Å². The molecule has 2 saturated heterocycles. The quantitative estimate of drug-likeness (QED) is 0.868. The first-order valence-electron chi connectivity index (χ1n) is 8.86. The summed E-state index contributed by atoms with van der Waals surface area (Å²) < 4.78 is 11.2. The van der Waals surface area contributed by atoms with Crippen molar-refractivity contribution in [3.05, 3.63) is 30.0 Å². The SMILES string of the molecule is COc1cccc2cc(C(=O)N3CCC[C@@H](N4CCCC4)C3)oc12. The van der Waals surface area contributed by atoms with Gasteiger partial charge in [-0.1, -0.05) is 12.1 Å². The van der Waals surface area contributed by atoms with Crippen molar-refractivity contribution in [1.29, 1.82) is 0 Å². The summed E-state index contributed by atoms with van der Waals surface area (Å²) in [4.78, 5) is 17.4. The highest BCUT2D eigenvalue weighted by molar-refractivity contribution is 5.97. The minimum absolute atomic E-state index is 0.00264. The Balaban J connectivity index is 1.54. The maximum absolute atomic E-state index is 12.9. The van der Waals surface area contributed by atoms with Crippen molar-refractivity contribution in [1.82, 2.24) is 9.80 Å². The molecule has 2 aliphatic heterocycles. The first-order chi connectivity index (χ1) is 11.8. The van der Waals surface area contributed by atoms with Gasteiger partial charge in [0.05, 0.1) is 7.11 Å². The molecule has 2 fully saturated rings. The smallest absolute Gasteiger partial charge is 0.289 e. The van der Waals surface area contributed by atoms with Crippen LogP contribution >= 0.6 is 0 Å². The molecular formula is C19H24N2O3. The van der Waals surface area contributed by atoms with Crippen molar-refractivity contribution in [2.75, 3.05) is 33.3 Å². The van der Waals surface area contributed by atoms with Crippen LogP contribution in [0.5, 0.6) is 5.75 Å². The maximum atomic E-state index is 12.9. The number of para-hydroxylation sites is 1. The lowest BCUT2D eigenvalue weighted by Gasteiger charge is -2.37. The molecule has 0 aliphatic carbocycles. The Morgan fingerprint density at radius 2 is 2.04 bits per heavy atom. The van der Waals surface area contributed by atoms with Gasteiger partial charge in [0.15, 0.2) is 17.1 Å². The molecule has 0 N–H and O–H groups in total. The summed E-state index contributed by atoms with van der Waals surface area (Å²) in [5, 5.41) is 0.908. The molecule has 5 nitrogen and oxygen atoms in total. The number of likely N-dealkylation sites (tertiary alicyclic amines) is 2. The van der Waals surface area contributed by atoms with E-state index in [4.69, 9.17) is 9.15 Å². The highest BCUT2D eigenvalue weighted by Gasteiger charge is 2.30. The third-order valence-corrected chi connectivity index (χ3v) is 5.28. The average Bonchev–Trinajstić information content (AvgIpc) is 3.30. The van der Waals surface area contributed by atoms with Crippen molar-refractivity contribution >= 4 is 16.9 Å². The van der Waals surface area contributed by atoms with Gasteiger partial charge in [0.1, 0.15) is 0 Å². The number of carbonyl (C=O) groups excluding carboxylic acids is 1. The van der Waals surface area contributed by atoms with E-state index in [0.717, 1.165) is 24.9 Å². The predicted octanol–water partition coefficient (Wildman–Crippen LogP) is 3.14. The zero-order chi connectivity index (χ0) is 16.5. The molecule has 1 aromatic heterocycles. The molecule has 2 aliphatic rings. The van der Waals surface area contributed by atoms with E-state index < -0.39 is 0 Å². The standard InChI is InChI=1S/C19H24N2O3/c1-23-16-8-4-6-14-12-17(24-18(14)16)19(22)21-11-5-7-15(13-21)20-9-2-3-10-20/h4,6,8,12,15H,2-3,5,7,9-11,13H2,1H3/t15-/m1/s1. The molecule has 0 saturated carbocycles. The number of furan rings is 1. The third kappa shape index (κ3) is 2.77. The molecule has 24 heavy (non-hydrogen) atoms. The van der Waals surface area contributed by atoms with Crippen LogP contribution in [0.25, 0.3) is 11.0 Å². The molecule has 1 amide bonds. The molecule has 3 heterocycles. The Kier molecular flexibility index (Phi) is 4.19. The van der Waals surface area contributed by atoms with Gasteiger partial charge in [0.25, 0.3) is 5.91 Å². The minimum Gasteiger partial charge on any atom is -0.493 e. The summed E-state index contributed by atoms with van der Waals surface area (Å²) in [5.74, 6) is 1.08. The van der Waals surface area contributed by atoms with Gasteiger partial charge in [-0.15, -0.1) is 0 Å². The van der Waals surface area contributed by atoms with Gasteiger partial charge in [-0.2, -0.15) is 0 Å². The fraction of sp³-hybridized carbons (Fsp3) is 0.526. The summed E-state index contributed by atoms with van der Waals surface area (Å²) >= 11 is 0. The number of hydrogen-bond acceptors (Lipinski definition) is 4. The Morgan fingerprint density at radius 1 is 1.21 bits per heavy atom. The van der Waals surface area contributed by atoms with Gasteiger partial charge < -0.3 is 14.1 Å². The Hall–Kier alpha value is -2.01. The number of nitrogens with zero attached hydrogens (tertiary/aromatic N) is 2. The largest absolute Gasteiger partial charge is 0.493 e. The van der Waals surface area contributed by atoms with Crippen molar-refractivity contribution in [2.24, 2.45) is 0 Å². The first-order valence-corrected chi connectivity index (χ1v) is 8.86. The van der Waals surface area contributed by atoms with Crippen LogP contribution in [-0.4, -0.2) is 55.0 Å². The van der Waals surface area contributed by atoms with Gasteiger partial charge in [-0.3, -0.25) is 9.69 Å². The summed E-state index contributed by atoms with van der Waals surface area (Å²) in [5.41, 5.74) is 0.649. The van der Waals surface area contributed by atoms with Gasteiger partial charge in [0, 0.05) is 24.5 Å². The van der Waals surface area contributed by atoms with Crippen molar-refractivity contribution in [3.8, 4) is 5.75 Å².